The number of methoxy groups -OCH3 is 1. The molecule has 152 valence electrons. The van der Waals surface area contributed by atoms with Crippen molar-refractivity contribution in [2.75, 3.05) is 7.11 Å². The number of ether oxygens (including phenoxy) is 2. The molecule has 5 aromatic rings. The molecule has 0 amide bonds. The quantitative estimate of drug-likeness (QED) is 0.349. The Hall–Kier alpha value is -4.12. The van der Waals surface area contributed by atoms with Gasteiger partial charge in [-0.3, -0.25) is 0 Å². The second-order valence-electron chi connectivity index (χ2n) is 7.16. The van der Waals surface area contributed by atoms with E-state index in [1.54, 1.807) is 13.4 Å². The zero-order chi connectivity index (χ0) is 21.0. The predicted octanol–water partition coefficient (Wildman–Crippen LogP) is 5.95. The summed E-state index contributed by atoms with van der Waals surface area (Å²) in [6, 6.07) is 30.2. The summed E-state index contributed by atoms with van der Waals surface area (Å²) >= 11 is 0. The summed E-state index contributed by atoms with van der Waals surface area (Å²) in [5, 5.41) is 0.869. The highest BCUT2D eigenvalue weighted by atomic mass is 16.5. The van der Waals surface area contributed by atoms with Gasteiger partial charge < -0.3 is 14.0 Å². The predicted molar refractivity (Wildman–Crippen MR) is 122 cm³/mol. The van der Waals surface area contributed by atoms with Gasteiger partial charge in [-0.25, -0.2) is 9.97 Å². The Bertz CT molecular complexity index is 1300. The lowest BCUT2D eigenvalue weighted by Gasteiger charge is -2.11. The van der Waals surface area contributed by atoms with Gasteiger partial charge in [0, 0.05) is 6.54 Å². The van der Waals surface area contributed by atoms with Crippen molar-refractivity contribution in [1.29, 1.82) is 0 Å². The zero-order valence-corrected chi connectivity index (χ0v) is 17.1. The van der Waals surface area contributed by atoms with E-state index in [0.717, 1.165) is 33.8 Å². The highest BCUT2D eigenvalue weighted by Gasteiger charge is 2.17. The van der Waals surface area contributed by atoms with Crippen LogP contribution in [0.15, 0.2) is 97.3 Å². The molecule has 0 N–H and O–H groups in total. The summed E-state index contributed by atoms with van der Waals surface area (Å²) in [4.78, 5) is 9.02. The molecule has 5 nitrogen and oxygen atoms in total. The van der Waals surface area contributed by atoms with Crippen LogP contribution in [-0.2, 0) is 6.54 Å². The van der Waals surface area contributed by atoms with Gasteiger partial charge in [0.15, 0.2) is 0 Å². The molecule has 0 radical (unpaired) electrons. The molecule has 0 aliphatic carbocycles. The van der Waals surface area contributed by atoms with Gasteiger partial charge in [0.2, 0.25) is 5.88 Å². The average molecular weight is 407 g/mol. The lowest BCUT2D eigenvalue weighted by Crippen LogP contribution is -2.03. The third-order valence-corrected chi connectivity index (χ3v) is 5.18. The van der Waals surface area contributed by atoms with Crippen molar-refractivity contribution in [3.05, 3.63) is 103 Å². The average Bonchev–Trinajstić information content (AvgIpc) is 3.20. The number of nitrogens with zero attached hydrogens (tertiary/aromatic N) is 3. The molecule has 3 aromatic carbocycles. The minimum atomic E-state index is 0.540. The van der Waals surface area contributed by atoms with Crippen LogP contribution < -0.4 is 9.47 Å². The molecule has 5 heteroatoms. The van der Waals surface area contributed by atoms with Crippen molar-refractivity contribution in [3.8, 4) is 28.6 Å². The Morgan fingerprint density at radius 1 is 0.774 bits per heavy atom. The number of aromatic nitrogens is 3. The van der Waals surface area contributed by atoms with Crippen LogP contribution in [0.5, 0.6) is 17.4 Å². The van der Waals surface area contributed by atoms with E-state index in [1.165, 1.54) is 5.56 Å². The first-order chi connectivity index (χ1) is 15.3. The maximum absolute atomic E-state index is 6.10. The monoisotopic (exact) mass is 407 g/mol. The van der Waals surface area contributed by atoms with E-state index >= 15 is 0 Å². The van der Waals surface area contributed by atoms with Crippen molar-refractivity contribution in [3.63, 3.8) is 0 Å². The summed E-state index contributed by atoms with van der Waals surface area (Å²) in [7, 11) is 1.67. The normalized spacial score (nSPS) is 10.9. The molecule has 0 fully saturated rings. The van der Waals surface area contributed by atoms with Crippen LogP contribution >= 0.6 is 0 Å². The largest absolute Gasteiger partial charge is 0.497 e. The Morgan fingerprint density at radius 3 is 2.19 bits per heavy atom. The molecule has 31 heavy (non-hydrogen) atoms. The maximum Gasteiger partial charge on any atom is 0.231 e. The molecule has 0 aliphatic heterocycles. The van der Waals surface area contributed by atoms with Gasteiger partial charge in [-0.15, -0.1) is 0 Å². The summed E-state index contributed by atoms with van der Waals surface area (Å²) in [6.07, 6.45) is 1.56. The van der Waals surface area contributed by atoms with Crippen LogP contribution in [0.25, 0.3) is 22.3 Å². The first-order valence-electron chi connectivity index (χ1n) is 10.1. The molecule has 0 aliphatic rings. The van der Waals surface area contributed by atoms with Crippen LogP contribution in [0.2, 0.25) is 0 Å². The Balaban J connectivity index is 1.66. The Kier molecular flexibility index (Phi) is 5.07. The van der Waals surface area contributed by atoms with E-state index in [9.17, 15) is 0 Å². The van der Waals surface area contributed by atoms with Gasteiger partial charge in [0.25, 0.3) is 0 Å². The molecule has 0 atom stereocenters. The minimum absolute atomic E-state index is 0.540. The van der Waals surface area contributed by atoms with Crippen LogP contribution in [0.1, 0.15) is 5.56 Å². The SMILES string of the molecule is COc1ccc(-c2cc3c(Oc4ccccc4)ncnc3n2Cc2ccccc2)cc1. The molecule has 0 saturated carbocycles. The second kappa shape index (κ2) is 8.32. The number of fused-ring (bicyclic) bond motifs is 1. The minimum Gasteiger partial charge on any atom is -0.497 e. The van der Waals surface area contributed by atoms with Crippen molar-refractivity contribution in [1.82, 2.24) is 14.5 Å². The maximum atomic E-state index is 6.10. The molecule has 5 rings (SSSR count). The summed E-state index contributed by atoms with van der Waals surface area (Å²) < 4.78 is 13.6. The highest BCUT2D eigenvalue weighted by Crippen LogP contribution is 2.34. The first kappa shape index (κ1) is 18.9. The summed E-state index contributed by atoms with van der Waals surface area (Å²) in [6.45, 7) is 0.688. The molecule has 0 unspecified atom stereocenters. The van der Waals surface area contributed by atoms with E-state index in [2.05, 4.69) is 44.9 Å². The molecule has 0 saturated heterocycles. The second-order valence-corrected chi connectivity index (χ2v) is 7.16. The van der Waals surface area contributed by atoms with Crippen LogP contribution in [-0.4, -0.2) is 21.6 Å². The van der Waals surface area contributed by atoms with E-state index in [4.69, 9.17) is 9.47 Å². The van der Waals surface area contributed by atoms with Crippen LogP contribution in [0.3, 0.4) is 0 Å². The Morgan fingerprint density at radius 2 is 1.48 bits per heavy atom. The third kappa shape index (κ3) is 3.85. The molecular weight excluding hydrogens is 386 g/mol. The zero-order valence-electron chi connectivity index (χ0n) is 17.1. The summed E-state index contributed by atoms with van der Waals surface area (Å²) in [5.74, 6) is 2.10. The van der Waals surface area contributed by atoms with Gasteiger partial charge in [-0.05, 0) is 53.6 Å². The van der Waals surface area contributed by atoms with Gasteiger partial charge in [0.1, 0.15) is 23.5 Å². The van der Waals surface area contributed by atoms with Crippen molar-refractivity contribution >= 4 is 11.0 Å². The number of para-hydroxylation sites is 1. The Labute approximate surface area is 180 Å². The lowest BCUT2D eigenvalue weighted by molar-refractivity contribution is 0.415. The highest BCUT2D eigenvalue weighted by molar-refractivity contribution is 5.88. The number of hydrogen-bond acceptors (Lipinski definition) is 4. The van der Waals surface area contributed by atoms with Crippen LogP contribution in [0.4, 0.5) is 0 Å². The van der Waals surface area contributed by atoms with Gasteiger partial charge >= 0.3 is 0 Å². The van der Waals surface area contributed by atoms with Crippen molar-refractivity contribution < 1.29 is 9.47 Å². The topological polar surface area (TPSA) is 49.2 Å². The molecule has 0 spiro atoms. The van der Waals surface area contributed by atoms with Crippen molar-refractivity contribution in [2.45, 2.75) is 6.54 Å². The number of benzene rings is 3. The van der Waals surface area contributed by atoms with E-state index < -0.39 is 0 Å². The van der Waals surface area contributed by atoms with E-state index in [0.29, 0.717) is 12.4 Å². The standard InChI is InChI=1S/C26H21N3O2/c1-30-21-14-12-20(13-15-21)24-16-23-25(29(24)17-19-8-4-2-5-9-19)27-18-28-26(23)31-22-10-6-3-7-11-22/h2-16,18H,17H2,1H3. The molecule has 0 bridgehead atoms. The molecule has 2 aromatic heterocycles. The van der Waals surface area contributed by atoms with E-state index in [-0.39, 0.29) is 0 Å². The number of hydrogen-bond donors (Lipinski definition) is 0. The fraction of sp³-hybridized carbons (Fsp3) is 0.0769. The fourth-order valence-electron chi connectivity index (χ4n) is 3.65. The van der Waals surface area contributed by atoms with Gasteiger partial charge in [0.05, 0.1) is 18.2 Å². The van der Waals surface area contributed by atoms with Gasteiger partial charge in [-0.1, -0.05) is 48.5 Å². The number of rotatable bonds is 6. The van der Waals surface area contributed by atoms with Gasteiger partial charge in [-0.2, -0.15) is 0 Å². The molecular formula is C26H21N3O2. The summed E-state index contributed by atoms with van der Waals surface area (Å²) in [5.41, 5.74) is 4.13. The smallest absolute Gasteiger partial charge is 0.231 e. The first-order valence-corrected chi connectivity index (χ1v) is 10.1. The van der Waals surface area contributed by atoms with Crippen molar-refractivity contribution in [2.24, 2.45) is 0 Å². The lowest BCUT2D eigenvalue weighted by atomic mass is 10.1. The fourth-order valence-corrected chi connectivity index (χ4v) is 3.65. The third-order valence-electron chi connectivity index (χ3n) is 5.18. The van der Waals surface area contributed by atoms with Crippen LogP contribution in [0, 0.1) is 0 Å². The molecule has 2 heterocycles. The van der Waals surface area contributed by atoms with E-state index in [1.807, 2.05) is 60.7 Å².